The summed E-state index contributed by atoms with van der Waals surface area (Å²) in [4.78, 5) is -0.0879. The zero-order chi connectivity index (χ0) is 34.4. The summed E-state index contributed by atoms with van der Waals surface area (Å²) in [6.07, 6.45) is 1.14. The minimum absolute atomic E-state index is 0. The lowest BCUT2D eigenvalue weighted by atomic mass is 9.94. The molecule has 0 saturated heterocycles. The molecule has 0 heterocycles. The highest BCUT2D eigenvalue weighted by Crippen LogP contribution is 2.50. The Hall–Kier alpha value is -5.46. The topological polar surface area (TPSA) is 187 Å². The molecule has 0 spiro atoms. The van der Waals surface area contributed by atoms with Crippen molar-refractivity contribution < 1.29 is 25.9 Å². The van der Waals surface area contributed by atoms with Gasteiger partial charge in [-0.2, -0.15) is 0 Å². The van der Waals surface area contributed by atoms with Crippen molar-refractivity contribution in [3.05, 3.63) is 156 Å². The summed E-state index contributed by atoms with van der Waals surface area (Å²) in [6, 6.07) is 42.7. The van der Waals surface area contributed by atoms with Gasteiger partial charge in [-0.3, -0.25) is 0 Å². The summed E-state index contributed by atoms with van der Waals surface area (Å²) in [7, 11) is -9.14. The Morgan fingerprint density at radius 1 is 0.365 bits per heavy atom. The van der Waals surface area contributed by atoms with Gasteiger partial charge >= 0.3 is 0 Å². The second-order valence-electron chi connectivity index (χ2n) is 12.7. The third-order valence-corrected chi connectivity index (χ3v) is 11.8. The van der Waals surface area contributed by atoms with Crippen molar-refractivity contribution >= 4 is 63.3 Å². The lowest BCUT2D eigenvalue weighted by molar-refractivity contribution is 0.461. The Balaban J connectivity index is 0.000000156. The maximum atomic E-state index is 12.1. The first-order valence-corrected chi connectivity index (χ1v) is 18.9. The molecule has 0 atom stereocenters. The van der Waals surface area contributed by atoms with Crippen molar-refractivity contribution in [1.29, 1.82) is 0 Å². The van der Waals surface area contributed by atoms with Gasteiger partial charge in [-0.25, -0.2) is 16.8 Å². The molecule has 52 heavy (non-hydrogen) atoms. The van der Waals surface area contributed by atoms with E-state index in [0.29, 0.717) is 35.1 Å². The Labute approximate surface area is 301 Å². The number of hydrogen-bond acceptors (Lipinski definition) is 6. The fourth-order valence-electron chi connectivity index (χ4n) is 7.66. The van der Waals surface area contributed by atoms with E-state index >= 15 is 0 Å². The van der Waals surface area contributed by atoms with Crippen LogP contribution in [0.3, 0.4) is 0 Å². The molecule has 0 unspecified atom stereocenters. The highest BCUT2D eigenvalue weighted by Gasteiger charge is 2.33. The molecule has 0 radical (unpaired) electrons. The largest absolute Gasteiger partial charge is 0.744 e. The van der Waals surface area contributed by atoms with Crippen LogP contribution in [0.2, 0.25) is 0 Å². The molecule has 0 amide bonds. The molecule has 2 aliphatic rings. The van der Waals surface area contributed by atoms with E-state index in [-0.39, 0.29) is 22.1 Å². The van der Waals surface area contributed by atoms with Crippen LogP contribution in [0.1, 0.15) is 22.3 Å². The minimum atomic E-state index is -4.57. The van der Waals surface area contributed by atoms with Crippen molar-refractivity contribution in [2.45, 2.75) is 22.6 Å². The molecule has 260 valence electrons. The smallest absolute Gasteiger partial charge is 0.125 e. The fraction of sp³-hybridized carbons (Fsp3) is 0.0476. The maximum absolute atomic E-state index is 12.1. The second-order valence-corrected chi connectivity index (χ2v) is 15.4. The van der Waals surface area contributed by atoms with Gasteiger partial charge in [0.2, 0.25) is 0 Å². The van der Waals surface area contributed by atoms with Gasteiger partial charge < -0.3 is 21.4 Å². The number of hydrogen-bond donors (Lipinski definition) is 2. The van der Waals surface area contributed by atoms with Gasteiger partial charge in [0, 0.05) is 11.1 Å². The van der Waals surface area contributed by atoms with Crippen LogP contribution in [0.5, 0.6) is 0 Å². The van der Waals surface area contributed by atoms with Gasteiger partial charge in [0.25, 0.3) is 0 Å². The monoisotopic (exact) mass is 726 g/mol. The van der Waals surface area contributed by atoms with E-state index < -0.39 is 20.2 Å². The van der Waals surface area contributed by atoms with Gasteiger partial charge in [0.05, 0.1) is 9.79 Å². The first-order valence-electron chi connectivity index (χ1n) is 16.1. The van der Waals surface area contributed by atoms with Crippen LogP contribution in [0.15, 0.2) is 143 Å². The molecule has 0 aliphatic heterocycles. The normalized spacial score (nSPS) is 12.7. The van der Waals surface area contributed by atoms with Crippen LogP contribution in [0.4, 0.5) is 0 Å². The quantitative estimate of drug-likeness (QED) is 0.170. The Morgan fingerprint density at radius 2 is 0.673 bits per heavy atom. The van der Waals surface area contributed by atoms with E-state index in [1.54, 1.807) is 0 Å². The third-order valence-electron chi connectivity index (χ3n) is 9.85. The summed E-state index contributed by atoms with van der Waals surface area (Å²) >= 11 is 0. The number of quaternary nitrogens is 2. The zero-order valence-corrected chi connectivity index (χ0v) is 30.0. The summed E-state index contributed by atoms with van der Waals surface area (Å²) in [6.45, 7) is 0. The summed E-state index contributed by atoms with van der Waals surface area (Å²) < 4.78 is 72.6. The first-order chi connectivity index (χ1) is 24.1. The van der Waals surface area contributed by atoms with Crippen molar-refractivity contribution in [1.82, 2.24) is 12.3 Å². The van der Waals surface area contributed by atoms with E-state index in [0.717, 1.165) is 65.3 Å². The van der Waals surface area contributed by atoms with E-state index in [1.165, 1.54) is 0 Å². The lowest BCUT2D eigenvalue weighted by Crippen LogP contribution is -2.03. The highest BCUT2D eigenvalue weighted by atomic mass is 32.2. The van der Waals surface area contributed by atoms with Crippen LogP contribution in [-0.4, -0.2) is 25.9 Å². The summed E-state index contributed by atoms with van der Waals surface area (Å²) in [5.74, 6) is 0. The van der Waals surface area contributed by atoms with Crippen molar-refractivity contribution in [2.75, 3.05) is 0 Å². The van der Waals surface area contributed by atoms with E-state index in [4.69, 9.17) is 0 Å². The van der Waals surface area contributed by atoms with Gasteiger partial charge in [-0.05, 0) is 89.3 Å². The average molecular weight is 727 g/mol. The molecule has 10 heteroatoms. The lowest BCUT2D eigenvalue weighted by Gasteiger charge is -2.17. The molecule has 8 nitrogen and oxygen atoms in total. The minimum Gasteiger partial charge on any atom is -0.744 e. The van der Waals surface area contributed by atoms with E-state index in [9.17, 15) is 25.9 Å². The third kappa shape index (κ3) is 5.62. The first kappa shape index (κ1) is 35.0. The van der Waals surface area contributed by atoms with Crippen molar-refractivity contribution in [2.24, 2.45) is 0 Å². The van der Waals surface area contributed by atoms with Crippen LogP contribution < -0.4 is 12.3 Å². The van der Waals surface area contributed by atoms with Crippen molar-refractivity contribution in [3.8, 4) is 22.3 Å². The predicted octanol–water partition coefficient (Wildman–Crippen LogP) is 9.69. The van der Waals surface area contributed by atoms with Gasteiger partial charge in [-0.1, -0.05) is 133 Å². The Morgan fingerprint density at radius 3 is 1.04 bits per heavy atom. The van der Waals surface area contributed by atoms with E-state index in [1.807, 2.05) is 133 Å². The standard InChI is InChI=1S/2C21H14O3S.2H3N/c2*22-25(23,24)21-19-12-18(19)15-9-3-4-10-17(15)20(21)16-11-5-7-13-6-1-2-8-14(13)16;;/h2*1-11H,12H2,(H,22,23,24);2*1H3. The van der Waals surface area contributed by atoms with Gasteiger partial charge in [-0.15, -0.1) is 0 Å². The molecule has 10 rings (SSSR count). The highest BCUT2D eigenvalue weighted by molar-refractivity contribution is 7.86. The predicted molar refractivity (Wildman–Crippen MR) is 207 cm³/mol. The molecule has 2 aliphatic carbocycles. The van der Waals surface area contributed by atoms with Crippen LogP contribution in [0, 0.1) is 0 Å². The number of fused-ring (bicyclic) bond motifs is 8. The molecule has 8 N–H and O–H groups in total. The summed E-state index contributed by atoms with van der Waals surface area (Å²) in [5.41, 5.74) is 5.98. The van der Waals surface area contributed by atoms with Crippen LogP contribution >= 0.6 is 0 Å². The van der Waals surface area contributed by atoms with Crippen LogP contribution in [0.25, 0.3) is 65.3 Å². The molecule has 0 bridgehead atoms. The van der Waals surface area contributed by atoms with Gasteiger partial charge in [0.15, 0.2) is 0 Å². The fourth-order valence-corrected chi connectivity index (χ4v) is 9.60. The molecular weight excluding hydrogens is 693 g/mol. The molecule has 8 aromatic rings. The molecule has 0 aromatic heterocycles. The summed E-state index contributed by atoms with van der Waals surface area (Å²) in [5, 5.41) is 7.64. The average Bonchev–Trinajstić information content (AvgIpc) is 4.05. The molecule has 8 aromatic carbocycles. The van der Waals surface area contributed by atoms with Crippen molar-refractivity contribution in [3.63, 3.8) is 0 Å². The second kappa shape index (κ2) is 12.6. The molecule has 0 fully saturated rings. The molecule has 0 saturated carbocycles. The van der Waals surface area contributed by atoms with Crippen LogP contribution in [-0.2, 0) is 33.1 Å². The molecular formula is C42H34N2O6S2. The van der Waals surface area contributed by atoms with E-state index in [2.05, 4.69) is 0 Å². The number of rotatable bonds is 4. The Bertz CT molecular complexity index is 2780. The maximum Gasteiger partial charge on any atom is 0.125 e. The zero-order valence-electron chi connectivity index (χ0n) is 28.4. The Kier molecular flexibility index (Phi) is 8.50. The van der Waals surface area contributed by atoms with Gasteiger partial charge in [0.1, 0.15) is 20.2 Å². The SMILES string of the molecule is O=S(=O)([O-])c1c2c(c3ccccc3c1-c1cccc3ccccc13)C2.O=S(=O)([O-])c1c2c(c3ccccc3c1-c1cccc3ccccc13)C2.[NH4+].[NH4+]. The number of benzene rings is 8.